The van der Waals surface area contributed by atoms with Gasteiger partial charge in [-0.15, -0.1) is 24.0 Å². The Labute approximate surface area is 91.8 Å². The normalized spacial score (nSPS) is 10.9. The van der Waals surface area contributed by atoms with Crippen LogP contribution in [0.1, 0.15) is 5.56 Å². The summed E-state index contributed by atoms with van der Waals surface area (Å²) in [4.78, 5) is 0.886. The molecular formula is C9H9BO2S2. The molecule has 0 fully saturated rings. The smallest absolute Gasteiger partial charge is 0.423 e. The molecule has 0 aliphatic heterocycles. The Morgan fingerprint density at radius 3 is 2.71 bits per heavy atom. The molecule has 14 heavy (non-hydrogen) atoms. The van der Waals surface area contributed by atoms with Crippen molar-refractivity contribution in [2.75, 3.05) is 0 Å². The first kappa shape index (κ1) is 10.0. The molecule has 72 valence electrons. The van der Waals surface area contributed by atoms with Crippen LogP contribution in [0.4, 0.5) is 0 Å². The maximum atomic E-state index is 9.13. The molecule has 0 spiro atoms. The summed E-state index contributed by atoms with van der Waals surface area (Å²) in [6, 6.07) is 3.91. The Bertz CT molecular complexity index is 479. The summed E-state index contributed by atoms with van der Waals surface area (Å²) in [6.07, 6.45) is 0. The third-order valence-electron chi connectivity index (χ3n) is 2.11. The Morgan fingerprint density at radius 1 is 1.36 bits per heavy atom. The number of hydrogen-bond acceptors (Lipinski definition) is 4. The maximum absolute atomic E-state index is 9.13. The summed E-state index contributed by atoms with van der Waals surface area (Å²) in [5, 5.41) is 20.9. The molecule has 1 heterocycles. The van der Waals surface area contributed by atoms with E-state index in [1.54, 1.807) is 5.38 Å². The van der Waals surface area contributed by atoms with Crippen LogP contribution in [-0.2, 0) is 0 Å². The molecule has 0 unspecified atom stereocenters. The van der Waals surface area contributed by atoms with Crippen LogP contribution in [0.2, 0.25) is 0 Å². The number of fused-ring (bicyclic) bond motifs is 1. The van der Waals surface area contributed by atoms with Gasteiger partial charge in [0.05, 0.1) is 0 Å². The standard InChI is InChI=1S/C9H9BO2S2/c1-5-2-6-7(10(11)12)4-14-9(6)8(13)3-5/h2-4,11-13H,1H3. The largest absolute Gasteiger partial charge is 0.489 e. The molecule has 5 heteroatoms. The summed E-state index contributed by atoms with van der Waals surface area (Å²) < 4.78 is 1.00. The monoisotopic (exact) mass is 224 g/mol. The van der Waals surface area contributed by atoms with Gasteiger partial charge in [-0.25, -0.2) is 0 Å². The summed E-state index contributed by atoms with van der Waals surface area (Å²) in [5.41, 5.74) is 1.63. The van der Waals surface area contributed by atoms with Gasteiger partial charge in [0, 0.05) is 15.1 Å². The second-order valence-corrected chi connectivity index (χ2v) is 4.59. The first-order valence-corrected chi connectivity index (χ1v) is 5.49. The van der Waals surface area contributed by atoms with Gasteiger partial charge < -0.3 is 10.0 Å². The number of benzene rings is 1. The summed E-state index contributed by atoms with van der Waals surface area (Å²) in [6.45, 7) is 1.96. The van der Waals surface area contributed by atoms with Crippen molar-refractivity contribution in [1.82, 2.24) is 0 Å². The lowest BCUT2D eigenvalue weighted by molar-refractivity contribution is 0.426. The molecule has 0 saturated heterocycles. The number of hydrogen-bond donors (Lipinski definition) is 3. The third kappa shape index (κ3) is 1.57. The molecule has 2 aromatic rings. The van der Waals surface area contributed by atoms with Crippen molar-refractivity contribution in [3.8, 4) is 0 Å². The fraction of sp³-hybridized carbons (Fsp3) is 0.111. The molecule has 0 saturated carbocycles. The van der Waals surface area contributed by atoms with Gasteiger partial charge in [0.25, 0.3) is 0 Å². The van der Waals surface area contributed by atoms with Gasteiger partial charge in [0.1, 0.15) is 0 Å². The van der Waals surface area contributed by atoms with Crippen molar-refractivity contribution in [3.63, 3.8) is 0 Å². The molecule has 0 aliphatic carbocycles. The average molecular weight is 224 g/mol. The first-order valence-electron chi connectivity index (χ1n) is 4.16. The highest BCUT2D eigenvalue weighted by atomic mass is 32.1. The topological polar surface area (TPSA) is 40.5 Å². The lowest BCUT2D eigenvalue weighted by Crippen LogP contribution is -2.28. The molecule has 0 bridgehead atoms. The molecule has 2 nitrogen and oxygen atoms in total. The summed E-state index contributed by atoms with van der Waals surface area (Å²) >= 11 is 5.83. The molecular weight excluding hydrogens is 215 g/mol. The highest BCUT2D eigenvalue weighted by Crippen LogP contribution is 2.27. The van der Waals surface area contributed by atoms with Crippen LogP contribution in [-0.4, -0.2) is 17.2 Å². The Morgan fingerprint density at radius 2 is 2.07 bits per heavy atom. The van der Waals surface area contributed by atoms with Crippen LogP contribution in [0.25, 0.3) is 10.1 Å². The van der Waals surface area contributed by atoms with Gasteiger partial charge in [-0.2, -0.15) is 0 Å². The van der Waals surface area contributed by atoms with E-state index >= 15 is 0 Å². The van der Waals surface area contributed by atoms with Gasteiger partial charge in [-0.3, -0.25) is 0 Å². The molecule has 2 N–H and O–H groups in total. The maximum Gasteiger partial charge on any atom is 0.489 e. The lowest BCUT2D eigenvalue weighted by atomic mass is 9.80. The van der Waals surface area contributed by atoms with E-state index in [1.807, 2.05) is 19.1 Å². The van der Waals surface area contributed by atoms with Crippen LogP contribution in [0, 0.1) is 6.92 Å². The van der Waals surface area contributed by atoms with Crippen molar-refractivity contribution in [3.05, 3.63) is 23.1 Å². The number of thiol groups is 1. The van der Waals surface area contributed by atoms with E-state index < -0.39 is 7.12 Å². The molecule has 0 aliphatic rings. The Hall–Kier alpha value is -0.485. The first-order chi connectivity index (χ1) is 6.59. The summed E-state index contributed by atoms with van der Waals surface area (Å²) in [7, 11) is -1.40. The van der Waals surface area contributed by atoms with Crippen molar-refractivity contribution in [2.45, 2.75) is 11.8 Å². The van der Waals surface area contributed by atoms with E-state index in [4.69, 9.17) is 10.0 Å². The molecule has 0 atom stereocenters. The fourth-order valence-corrected chi connectivity index (χ4v) is 2.94. The van der Waals surface area contributed by atoms with E-state index in [0.717, 1.165) is 20.5 Å². The predicted octanol–water partition coefficient (Wildman–Crippen LogP) is 1.18. The second kappa shape index (κ2) is 3.58. The molecule has 0 amide bonds. The van der Waals surface area contributed by atoms with Gasteiger partial charge >= 0.3 is 7.12 Å². The Kier molecular flexibility index (Phi) is 2.57. The van der Waals surface area contributed by atoms with Crippen LogP contribution in [0.15, 0.2) is 22.4 Å². The molecule has 1 aromatic carbocycles. The number of aryl methyl sites for hydroxylation is 1. The van der Waals surface area contributed by atoms with E-state index in [9.17, 15) is 0 Å². The van der Waals surface area contributed by atoms with Gasteiger partial charge in [0.2, 0.25) is 0 Å². The minimum atomic E-state index is -1.40. The van der Waals surface area contributed by atoms with Gasteiger partial charge in [0.15, 0.2) is 0 Å². The number of thiophene rings is 1. The third-order valence-corrected chi connectivity index (χ3v) is 3.66. The van der Waals surface area contributed by atoms with Gasteiger partial charge in [-0.1, -0.05) is 6.07 Å². The quantitative estimate of drug-likeness (QED) is 0.502. The average Bonchev–Trinajstić information content (AvgIpc) is 2.47. The van der Waals surface area contributed by atoms with Crippen molar-refractivity contribution in [1.29, 1.82) is 0 Å². The van der Waals surface area contributed by atoms with Crippen LogP contribution in [0.3, 0.4) is 0 Å². The molecule has 0 radical (unpaired) electrons. The SMILES string of the molecule is Cc1cc(S)c2scc(B(O)O)c2c1. The van der Waals surface area contributed by atoms with E-state index in [1.165, 1.54) is 11.3 Å². The summed E-state index contributed by atoms with van der Waals surface area (Å²) in [5.74, 6) is 0. The van der Waals surface area contributed by atoms with Gasteiger partial charge in [-0.05, 0) is 29.3 Å². The van der Waals surface area contributed by atoms with Crippen LogP contribution in [0.5, 0.6) is 0 Å². The Balaban J connectivity index is 2.78. The zero-order chi connectivity index (χ0) is 10.3. The van der Waals surface area contributed by atoms with Crippen molar-refractivity contribution >= 4 is 46.6 Å². The second-order valence-electron chi connectivity index (χ2n) is 3.23. The molecule has 2 rings (SSSR count). The minimum absolute atomic E-state index is 0.559. The predicted molar refractivity (Wildman–Crippen MR) is 63.6 cm³/mol. The van der Waals surface area contributed by atoms with Crippen LogP contribution >= 0.6 is 24.0 Å². The fourth-order valence-electron chi connectivity index (χ4n) is 1.48. The van der Waals surface area contributed by atoms with Crippen molar-refractivity contribution in [2.24, 2.45) is 0 Å². The minimum Gasteiger partial charge on any atom is -0.423 e. The lowest BCUT2D eigenvalue weighted by Gasteiger charge is -2.00. The highest BCUT2D eigenvalue weighted by molar-refractivity contribution is 7.80. The van der Waals surface area contributed by atoms with E-state index in [-0.39, 0.29) is 0 Å². The van der Waals surface area contributed by atoms with Crippen LogP contribution < -0.4 is 5.46 Å². The number of rotatable bonds is 1. The van der Waals surface area contributed by atoms with Crippen molar-refractivity contribution < 1.29 is 10.0 Å². The highest BCUT2D eigenvalue weighted by Gasteiger charge is 2.17. The zero-order valence-electron chi connectivity index (χ0n) is 7.56. The molecule has 1 aromatic heterocycles. The van der Waals surface area contributed by atoms with E-state index in [2.05, 4.69) is 12.6 Å². The van der Waals surface area contributed by atoms with E-state index in [0.29, 0.717) is 5.46 Å². The zero-order valence-corrected chi connectivity index (χ0v) is 9.27.